The largest absolute Gasteiger partial charge is 0.481 e. The Labute approximate surface area is 167 Å². The molecular weight excluding hydrogens is 386 g/mol. The summed E-state index contributed by atoms with van der Waals surface area (Å²) < 4.78 is 25.6. The van der Waals surface area contributed by atoms with E-state index in [2.05, 4.69) is 6.92 Å². The smallest absolute Gasteiger partial charge is 0.303 e. The van der Waals surface area contributed by atoms with Crippen molar-refractivity contribution in [1.82, 2.24) is 4.31 Å². The molecule has 0 saturated heterocycles. The second-order valence-electron chi connectivity index (χ2n) is 6.97. The highest BCUT2D eigenvalue weighted by Crippen LogP contribution is 2.28. The van der Waals surface area contributed by atoms with Crippen molar-refractivity contribution >= 4 is 27.3 Å². The molecule has 1 aromatic heterocycles. The Kier molecular flexibility index (Phi) is 11.1. The number of thiophene rings is 1. The lowest BCUT2D eigenvalue weighted by Crippen LogP contribution is -2.30. The molecule has 1 heterocycles. The highest BCUT2D eigenvalue weighted by Gasteiger charge is 2.18. The predicted octanol–water partition coefficient (Wildman–Crippen LogP) is 4.16. The molecule has 0 radical (unpaired) electrons. The average Bonchev–Trinajstić information content (AvgIpc) is 3.04. The van der Waals surface area contributed by atoms with E-state index < -0.39 is 22.1 Å². The molecule has 2 N–H and O–H groups in total. The van der Waals surface area contributed by atoms with Crippen molar-refractivity contribution in [3.05, 3.63) is 21.9 Å². The van der Waals surface area contributed by atoms with Crippen LogP contribution in [0.5, 0.6) is 0 Å². The number of rotatable bonds is 15. The van der Waals surface area contributed by atoms with Gasteiger partial charge in [-0.05, 0) is 31.4 Å². The van der Waals surface area contributed by atoms with E-state index in [4.69, 9.17) is 5.11 Å². The summed E-state index contributed by atoms with van der Waals surface area (Å²) in [5, 5.41) is 18.9. The second kappa shape index (κ2) is 12.5. The van der Waals surface area contributed by atoms with Crippen LogP contribution in [0.4, 0.5) is 0 Å². The van der Waals surface area contributed by atoms with Gasteiger partial charge in [0.2, 0.25) is 10.0 Å². The zero-order valence-electron chi connectivity index (χ0n) is 16.4. The maximum Gasteiger partial charge on any atom is 0.303 e. The van der Waals surface area contributed by atoms with E-state index in [0.717, 1.165) is 48.3 Å². The van der Waals surface area contributed by atoms with Gasteiger partial charge in [0, 0.05) is 29.3 Å². The molecule has 0 aliphatic rings. The Balaban J connectivity index is 2.51. The summed E-state index contributed by atoms with van der Waals surface area (Å²) in [6, 6.07) is 3.79. The van der Waals surface area contributed by atoms with Crippen molar-refractivity contribution < 1.29 is 23.4 Å². The Morgan fingerprint density at radius 1 is 1.15 bits per heavy atom. The minimum Gasteiger partial charge on any atom is -0.481 e. The fourth-order valence-corrected chi connectivity index (χ4v) is 4.81. The summed E-state index contributed by atoms with van der Waals surface area (Å²) in [6.45, 7) is 2.88. The summed E-state index contributed by atoms with van der Waals surface area (Å²) >= 11 is 1.47. The number of sulfonamides is 1. The second-order valence-corrected chi connectivity index (χ2v) is 10.2. The maximum absolute atomic E-state index is 12.1. The van der Waals surface area contributed by atoms with Gasteiger partial charge in [-0.15, -0.1) is 11.3 Å². The number of hydrogen-bond donors (Lipinski definition) is 2. The van der Waals surface area contributed by atoms with Crippen LogP contribution < -0.4 is 0 Å². The van der Waals surface area contributed by atoms with Crippen molar-refractivity contribution in [1.29, 1.82) is 0 Å². The van der Waals surface area contributed by atoms with Gasteiger partial charge < -0.3 is 10.2 Å². The standard InChI is InChI=1S/C19H33NO5S2/c1-3-4-7-10-17(21)18-13-12-16(26-18)15-20(27(2,24)25)14-9-6-5-8-11-19(22)23/h12-13,17,21H,3-11,14-15H2,1-2H3,(H,22,23). The summed E-state index contributed by atoms with van der Waals surface area (Å²) in [6.07, 6.45) is 7.77. The quantitative estimate of drug-likeness (QED) is 0.416. The molecule has 1 rings (SSSR count). The fraction of sp³-hybridized carbons (Fsp3) is 0.737. The van der Waals surface area contributed by atoms with Crippen molar-refractivity contribution in [3.8, 4) is 0 Å². The van der Waals surface area contributed by atoms with Crippen LogP contribution in [0.2, 0.25) is 0 Å². The van der Waals surface area contributed by atoms with E-state index in [1.54, 1.807) is 0 Å². The Morgan fingerprint density at radius 2 is 1.85 bits per heavy atom. The van der Waals surface area contributed by atoms with E-state index >= 15 is 0 Å². The maximum atomic E-state index is 12.1. The number of carboxylic acid groups (broad SMARTS) is 1. The van der Waals surface area contributed by atoms with Crippen LogP contribution in [0.3, 0.4) is 0 Å². The number of aliphatic hydroxyl groups is 1. The molecule has 6 nitrogen and oxygen atoms in total. The number of carbonyl (C=O) groups is 1. The first-order valence-corrected chi connectivity index (χ1v) is 12.3. The van der Waals surface area contributed by atoms with Gasteiger partial charge in [-0.3, -0.25) is 4.79 Å². The van der Waals surface area contributed by atoms with Gasteiger partial charge in [-0.1, -0.05) is 39.0 Å². The van der Waals surface area contributed by atoms with Crippen molar-refractivity contribution in [2.45, 2.75) is 77.4 Å². The first-order chi connectivity index (χ1) is 12.7. The van der Waals surface area contributed by atoms with Gasteiger partial charge in [0.1, 0.15) is 0 Å². The van der Waals surface area contributed by atoms with Crippen molar-refractivity contribution in [2.75, 3.05) is 12.8 Å². The van der Waals surface area contributed by atoms with Crippen LogP contribution >= 0.6 is 11.3 Å². The molecule has 0 amide bonds. The van der Waals surface area contributed by atoms with Gasteiger partial charge in [0.25, 0.3) is 0 Å². The molecule has 0 aliphatic heterocycles. The van der Waals surface area contributed by atoms with Gasteiger partial charge in [-0.25, -0.2) is 8.42 Å². The number of unbranched alkanes of at least 4 members (excludes halogenated alkanes) is 5. The average molecular weight is 420 g/mol. The van der Waals surface area contributed by atoms with Gasteiger partial charge in [0.05, 0.1) is 12.4 Å². The molecule has 156 valence electrons. The highest BCUT2D eigenvalue weighted by atomic mass is 32.2. The number of carboxylic acids is 1. The Hall–Kier alpha value is -0.960. The fourth-order valence-electron chi connectivity index (χ4n) is 2.84. The van der Waals surface area contributed by atoms with Crippen LogP contribution in [0.25, 0.3) is 0 Å². The predicted molar refractivity (Wildman–Crippen MR) is 109 cm³/mol. The third-order valence-electron chi connectivity index (χ3n) is 4.44. The molecule has 8 heteroatoms. The van der Waals surface area contributed by atoms with E-state index in [9.17, 15) is 18.3 Å². The Bertz CT molecular complexity index is 657. The van der Waals surface area contributed by atoms with E-state index in [-0.39, 0.29) is 6.42 Å². The summed E-state index contributed by atoms with van der Waals surface area (Å²) in [4.78, 5) is 12.3. The molecule has 1 unspecified atom stereocenters. The molecule has 0 fully saturated rings. The van der Waals surface area contributed by atoms with Crippen LogP contribution in [-0.2, 0) is 21.4 Å². The summed E-state index contributed by atoms with van der Waals surface area (Å²) in [5.74, 6) is -0.793. The van der Waals surface area contributed by atoms with Crippen LogP contribution in [0.15, 0.2) is 12.1 Å². The van der Waals surface area contributed by atoms with Gasteiger partial charge in [0.15, 0.2) is 0 Å². The molecule has 27 heavy (non-hydrogen) atoms. The molecule has 1 aromatic rings. The summed E-state index contributed by atoms with van der Waals surface area (Å²) in [7, 11) is -3.31. The SMILES string of the molecule is CCCCCC(O)c1ccc(CN(CCCCCCC(=O)O)S(C)(=O)=O)s1. The highest BCUT2D eigenvalue weighted by molar-refractivity contribution is 7.88. The number of aliphatic carboxylic acids is 1. The van der Waals surface area contributed by atoms with Crippen LogP contribution in [0, 0.1) is 0 Å². The lowest BCUT2D eigenvalue weighted by atomic mass is 10.1. The first-order valence-electron chi connectivity index (χ1n) is 9.67. The monoisotopic (exact) mass is 419 g/mol. The molecule has 0 saturated carbocycles. The molecule has 1 atom stereocenters. The van der Waals surface area contributed by atoms with Gasteiger partial charge in [-0.2, -0.15) is 4.31 Å². The first kappa shape index (κ1) is 24.1. The Morgan fingerprint density at radius 3 is 2.48 bits per heavy atom. The van der Waals surface area contributed by atoms with E-state index in [0.29, 0.717) is 25.9 Å². The lowest BCUT2D eigenvalue weighted by molar-refractivity contribution is -0.137. The number of nitrogens with zero attached hydrogens (tertiary/aromatic N) is 1. The third kappa shape index (κ3) is 10.2. The minimum absolute atomic E-state index is 0.161. The van der Waals surface area contributed by atoms with Gasteiger partial charge >= 0.3 is 5.97 Å². The third-order valence-corrected chi connectivity index (χ3v) is 6.86. The van der Waals surface area contributed by atoms with E-state index in [1.165, 1.54) is 21.9 Å². The zero-order valence-corrected chi connectivity index (χ0v) is 18.0. The minimum atomic E-state index is -3.31. The van der Waals surface area contributed by atoms with Crippen LogP contribution in [-0.4, -0.2) is 41.7 Å². The molecular formula is C19H33NO5S2. The van der Waals surface area contributed by atoms with Crippen LogP contribution in [0.1, 0.15) is 80.6 Å². The number of aliphatic hydroxyl groups excluding tert-OH is 1. The molecule has 0 aromatic carbocycles. The zero-order chi connectivity index (χ0) is 20.3. The molecule has 0 aliphatic carbocycles. The normalized spacial score (nSPS) is 13.2. The topological polar surface area (TPSA) is 94.9 Å². The summed E-state index contributed by atoms with van der Waals surface area (Å²) in [5.41, 5.74) is 0. The number of hydrogen-bond acceptors (Lipinski definition) is 5. The molecule has 0 bridgehead atoms. The molecule has 0 spiro atoms. The van der Waals surface area contributed by atoms with Crippen molar-refractivity contribution in [3.63, 3.8) is 0 Å². The van der Waals surface area contributed by atoms with Crippen molar-refractivity contribution in [2.24, 2.45) is 0 Å². The lowest BCUT2D eigenvalue weighted by Gasteiger charge is -2.19. The van der Waals surface area contributed by atoms with E-state index in [1.807, 2.05) is 12.1 Å².